The van der Waals surface area contributed by atoms with Gasteiger partial charge in [0.05, 0.1) is 18.6 Å². The second kappa shape index (κ2) is 10.7. The lowest BCUT2D eigenvalue weighted by molar-refractivity contribution is -0.599. The lowest BCUT2D eigenvalue weighted by Crippen LogP contribution is -2.32. The fourth-order valence-electron chi connectivity index (χ4n) is 2.78. The summed E-state index contributed by atoms with van der Waals surface area (Å²) in [4.78, 5) is 31.2. The van der Waals surface area contributed by atoms with Gasteiger partial charge in [-0.15, -0.1) is 0 Å². The first-order valence-electron chi connectivity index (χ1n) is 9.52. The van der Waals surface area contributed by atoms with E-state index in [2.05, 4.69) is 27.1 Å². The van der Waals surface area contributed by atoms with Gasteiger partial charge in [-0.1, -0.05) is 36.9 Å². The third-order valence-electron chi connectivity index (χ3n) is 4.29. The van der Waals surface area contributed by atoms with Gasteiger partial charge in [0.2, 0.25) is 0 Å². The van der Waals surface area contributed by atoms with Crippen molar-refractivity contribution in [1.29, 1.82) is 0 Å². The Morgan fingerprint density at radius 2 is 2.16 bits per heavy atom. The van der Waals surface area contributed by atoms with E-state index >= 15 is 0 Å². The lowest BCUT2D eigenvalue weighted by atomic mass is 10.1. The maximum Gasteiger partial charge on any atom is 0.390 e. The number of aromatic amines is 1. The molecule has 1 amide bonds. The molecule has 3 heterocycles. The van der Waals surface area contributed by atoms with E-state index in [1.807, 2.05) is 54.2 Å². The van der Waals surface area contributed by atoms with Crippen LogP contribution < -0.4 is 14.9 Å². The van der Waals surface area contributed by atoms with Gasteiger partial charge >= 0.3 is 10.7 Å². The Bertz CT molecular complexity index is 1210. The Labute approximate surface area is 183 Å². The molecule has 2 N–H and O–H groups in total. The molecule has 8 heteroatoms. The van der Waals surface area contributed by atoms with Crippen molar-refractivity contribution >= 4 is 23.5 Å². The number of carbonyl (C=O) groups is 1. The van der Waals surface area contributed by atoms with Gasteiger partial charge in [-0.25, -0.2) is 14.8 Å². The number of H-pyrrole nitrogens is 1. The van der Waals surface area contributed by atoms with E-state index in [1.165, 1.54) is 18.6 Å². The van der Waals surface area contributed by atoms with Gasteiger partial charge in [0.1, 0.15) is 4.88 Å². The maximum absolute atomic E-state index is 12.1. The molecule has 0 unspecified atom stereocenters. The monoisotopic (exact) mass is 432 g/mol. The fourth-order valence-corrected chi connectivity index (χ4v) is 3.49. The van der Waals surface area contributed by atoms with Crippen LogP contribution in [0.5, 0.6) is 0 Å². The molecule has 0 radical (unpaired) electrons. The number of hydrazone groups is 1. The second-order valence-electron chi connectivity index (χ2n) is 6.42. The molecule has 3 aromatic rings. The Kier molecular flexibility index (Phi) is 7.56. The van der Waals surface area contributed by atoms with E-state index in [1.54, 1.807) is 18.2 Å². The zero-order valence-corrected chi connectivity index (χ0v) is 17.8. The van der Waals surface area contributed by atoms with Crippen LogP contribution >= 0.6 is 11.3 Å². The quantitative estimate of drug-likeness (QED) is 0.248. The maximum atomic E-state index is 12.1. The molecule has 0 atom stereocenters. The van der Waals surface area contributed by atoms with E-state index in [0.717, 1.165) is 28.9 Å². The normalized spacial score (nSPS) is 11.8. The van der Waals surface area contributed by atoms with Crippen LogP contribution in [0.2, 0.25) is 0 Å². The SMILES string of the molecule is C=C/C=C\C(=C/C)Cc1ccc[n+](-c2[nH]c(=O)sc2/C=N/NC(=O)c2ccncc2)c1. The number of rotatable bonds is 8. The average Bonchev–Trinajstić information content (AvgIpc) is 3.17. The van der Waals surface area contributed by atoms with Gasteiger partial charge < -0.3 is 0 Å². The molecule has 3 rings (SSSR count). The fraction of sp³-hybridized carbons (Fsp3) is 0.0870. The smallest absolute Gasteiger partial charge is 0.267 e. The molecule has 3 aromatic heterocycles. The predicted octanol–water partition coefficient (Wildman–Crippen LogP) is 3.10. The number of hydrogen-bond donors (Lipinski definition) is 2. The molecule has 0 aliphatic rings. The van der Waals surface area contributed by atoms with E-state index < -0.39 is 0 Å². The number of thiazole rings is 1. The molecular formula is C23H22N5O2S+. The first-order valence-corrected chi connectivity index (χ1v) is 10.3. The van der Waals surface area contributed by atoms with Gasteiger partial charge in [0.25, 0.3) is 5.91 Å². The van der Waals surface area contributed by atoms with Crippen LogP contribution in [0.3, 0.4) is 0 Å². The topological polar surface area (TPSA) is 91.1 Å². The first-order chi connectivity index (χ1) is 15.1. The number of amides is 1. The van der Waals surface area contributed by atoms with Crippen molar-refractivity contribution in [2.45, 2.75) is 13.3 Å². The number of nitrogens with zero attached hydrogens (tertiary/aromatic N) is 3. The van der Waals surface area contributed by atoms with Crippen LogP contribution in [0.25, 0.3) is 5.82 Å². The highest BCUT2D eigenvalue weighted by Crippen LogP contribution is 2.10. The minimum Gasteiger partial charge on any atom is -0.267 e. The van der Waals surface area contributed by atoms with Crippen molar-refractivity contribution < 1.29 is 9.36 Å². The molecule has 7 nitrogen and oxygen atoms in total. The van der Waals surface area contributed by atoms with Crippen LogP contribution in [0.1, 0.15) is 27.7 Å². The van der Waals surface area contributed by atoms with E-state index in [0.29, 0.717) is 16.3 Å². The van der Waals surface area contributed by atoms with Crippen molar-refractivity contribution in [3.63, 3.8) is 0 Å². The Hall–Kier alpha value is -3.91. The molecule has 0 spiro atoms. The van der Waals surface area contributed by atoms with E-state index in [-0.39, 0.29) is 10.8 Å². The number of hydrogen-bond acceptors (Lipinski definition) is 5. The summed E-state index contributed by atoms with van der Waals surface area (Å²) in [7, 11) is 0. The van der Waals surface area contributed by atoms with Crippen molar-refractivity contribution in [2.24, 2.45) is 5.10 Å². The summed E-state index contributed by atoms with van der Waals surface area (Å²) < 4.78 is 1.84. The molecule has 0 aromatic carbocycles. The molecule has 0 bridgehead atoms. The lowest BCUT2D eigenvalue weighted by Gasteiger charge is -2.03. The standard InChI is InChI=1S/C23H21N5O2S/c1-3-5-7-17(4-2)14-18-8-6-13-28(16-18)21-20(31-23(30)26-21)15-25-27-22(29)19-9-11-24-12-10-19/h3-13,15-16H,1,14H2,2H3,(H-,24,25,26,27,29,30)/p+1/b7-5-,17-4+. The average molecular weight is 433 g/mol. The van der Waals surface area contributed by atoms with Crippen molar-refractivity contribution in [1.82, 2.24) is 15.4 Å². The van der Waals surface area contributed by atoms with Crippen molar-refractivity contribution in [3.8, 4) is 5.82 Å². The van der Waals surface area contributed by atoms with Crippen LogP contribution in [0.4, 0.5) is 0 Å². The van der Waals surface area contributed by atoms with Gasteiger partial charge in [-0.3, -0.25) is 9.78 Å². The van der Waals surface area contributed by atoms with Gasteiger partial charge in [0.15, 0.2) is 0 Å². The number of nitrogens with one attached hydrogen (secondary N) is 2. The molecule has 31 heavy (non-hydrogen) atoms. The summed E-state index contributed by atoms with van der Waals surface area (Å²) >= 11 is 1.02. The van der Waals surface area contributed by atoms with Crippen molar-refractivity contribution in [2.75, 3.05) is 0 Å². The van der Waals surface area contributed by atoms with Crippen LogP contribution in [0.15, 0.2) is 95.4 Å². The third kappa shape index (κ3) is 6.03. The van der Waals surface area contributed by atoms with E-state index in [4.69, 9.17) is 0 Å². The molecular weight excluding hydrogens is 410 g/mol. The zero-order valence-electron chi connectivity index (χ0n) is 17.0. The summed E-state index contributed by atoms with van der Waals surface area (Å²) in [6.07, 6.45) is 16.8. The molecule has 0 saturated heterocycles. The Balaban J connectivity index is 1.80. The van der Waals surface area contributed by atoms with Crippen LogP contribution in [0, 0.1) is 0 Å². The number of aromatic nitrogens is 3. The third-order valence-corrected chi connectivity index (χ3v) is 5.10. The van der Waals surface area contributed by atoms with E-state index in [9.17, 15) is 9.59 Å². The second-order valence-corrected chi connectivity index (χ2v) is 7.43. The minimum atomic E-state index is -0.357. The number of allylic oxidation sites excluding steroid dienone is 5. The van der Waals surface area contributed by atoms with Crippen LogP contribution in [-0.4, -0.2) is 22.1 Å². The molecule has 0 fully saturated rings. The first kappa shape index (κ1) is 21.8. The Morgan fingerprint density at radius 1 is 1.35 bits per heavy atom. The van der Waals surface area contributed by atoms with Crippen molar-refractivity contribution in [3.05, 3.63) is 111 Å². The summed E-state index contributed by atoms with van der Waals surface area (Å²) in [5, 5.41) is 4.00. The summed E-state index contributed by atoms with van der Waals surface area (Å²) in [6.45, 7) is 5.69. The zero-order chi connectivity index (χ0) is 22.1. The summed E-state index contributed by atoms with van der Waals surface area (Å²) in [5.74, 6) is 0.228. The largest absolute Gasteiger partial charge is 0.390 e. The van der Waals surface area contributed by atoms with Crippen LogP contribution in [-0.2, 0) is 6.42 Å². The highest BCUT2D eigenvalue weighted by molar-refractivity contribution is 7.11. The molecule has 0 saturated carbocycles. The highest BCUT2D eigenvalue weighted by Gasteiger charge is 2.17. The predicted molar refractivity (Wildman–Crippen MR) is 123 cm³/mol. The highest BCUT2D eigenvalue weighted by atomic mass is 32.1. The van der Waals surface area contributed by atoms with Gasteiger partial charge in [-0.05, 0) is 47.6 Å². The summed E-state index contributed by atoms with van der Waals surface area (Å²) in [5.41, 5.74) is 5.13. The van der Waals surface area contributed by atoms with Gasteiger partial charge in [0, 0.05) is 24.4 Å². The summed E-state index contributed by atoms with van der Waals surface area (Å²) in [6, 6.07) is 7.13. The van der Waals surface area contributed by atoms with Gasteiger partial charge in [-0.2, -0.15) is 10.1 Å². The number of carbonyl (C=O) groups excluding carboxylic acids is 1. The molecule has 0 aliphatic heterocycles. The molecule has 0 aliphatic carbocycles. The molecule has 156 valence electrons. The minimum absolute atomic E-state index is 0.210. The Morgan fingerprint density at radius 3 is 2.90 bits per heavy atom. The number of pyridine rings is 2.